The third-order valence-electron chi connectivity index (χ3n) is 3.01. The van der Waals surface area contributed by atoms with Crippen LogP contribution in [0.5, 0.6) is 0 Å². The molecule has 4 heteroatoms. The summed E-state index contributed by atoms with van der Waals surface area (Å²) in [6.45, 7) is 0. The molecule has 2 aromatic rings. The van der Waals surface area contributed by atoms with E-state index < -0.39 is 5.91 Å². The number of benzene rings is 2. The van der Waals surface area contributed by atoms with Crippen molar-refractivity contribution in [3.63, 3.8) is 0 Å². The highest BCUT2D eigenvalue weighted by molar-refractivity contribution is 6.22. The Morgan fingerprint density at radius 2 is 1.50 bits per heavy atom. The summed E-state index contributed by atoms with van der Waals surface area (Å²) in [5.74, 6) is -0.476. The normalized spacial score (nSPS) is 11.4. The number of primary amides is 1. The number of amides is 1. The van der Waals surface area contributed by atoms with Crippen molar-refractivity contribution in [1.82, 2.24) is 0 Å². The molecular formula is C14H10ClNO2. The molecule has 0 unspecified atom stereocenters. The van der Waals surface area contributed by atoms with Gasteiger partial charge in [-0.3, -0.25) is 9.59 Å². The maximum Gasteiger partial charge on any atom is 0.248 e. The van der Waals surface area contributed by atoms with Gasteiger partial charge in [0.1, 0.15) is 0 Å². The van der Waals surface area contributed by atoms with Crippen molar-refractivity contribution in [3.05, 3.63) is 59.2 Å². The van der Waals surface area contributed by atoms with Gasteiger partial charge in [-0.15, -0.1) is 12.4 Å². The Balaban J connectivity index is 0.00000120. The standard InChI is InChI=1S/C14H9NO2.ClH/c15-14(17)8-5-6-11-12(7-8)9-3-1-2-4-10(9)13(11)16;/h1-7H,(H2,15,17);1H. The number of hydrogen-bond donors (Lipinski definition) is 1. The van der Waals surface area contributed by atoms with Gasteiger partial charge in [-0.25, -0.2) is 0 Å². The van der Waals surface area contributed by atoms with E-state index in [9.17, 15) is 9.59 Å². The monoisotopic (exact) mass is 259 g/mol. The Labute approximate surface area is 110 Å². The van der Waals surface area contributed by atoms with Gasteiger partial charge in [-0.2, -0.15) is 0 Å². The number of rotatable bonds is 1. The molecule has 0 bridgehead atoms. The lowest BCUT2D eigenvalue weighted by Crippen LogP contribution is -2.11. The minimum Gasteiger partial charge on any atom is -0.366 e. The molecule has 0 heterocycles. The average Bonchev–Trinajstić information content (AvgIpc) is 2.64. The average molecular weight is 260 g/mol. The van der Waals surface area contributed by atoms with Gasteiger partial charge in [-0.1, -0.05) is 24.3 Å². The quantitative estimate of drug-likeness (QED) is 0.730. The Kier molecular flexibility index (Phi) is 2.93. The van der Waals surface area contributed by atoms with Crippen LogP contribution in [0, 0.1) is 0 Å². The molecular weight excluding hydrogens is 250 g/mol. The summed E-state index contributed by atoms with van der Waals surface area (Å²) in [4.78, 5) is 23.2. The van der Waals surface area contributed by atoms with E-state index in [4.69, 9.17) is 5.73 Å². The van der Waals surface area contributed by atoms with E-state index in [1.54, 1.807) is 24.3 Å². The summed E-state index contributed by atoms with van der Waals surface area (Å²) in [6.07, 6.45) is 0. The van der Waals surface area contributed by atoms with E-state index in [1.807, 2.05) is 18.2 Å². The molecule has 1 aliphatic carbocycles. The van der Waals surface area contributed by atoms with Crippen LogP contribution in [-0.4, -0.2) is 11.7 Å². The minimum absolute atomic E-state index is 0. The first-order chi connectivity index (χ1) is 8.18. The fraction of sp³-hybridized carbons (Fsp3) is 0. The van der Waals surface area contributed by atoms with Crippen molar-refractivity contribution >= 4 is 24.1 Å². The zero-order chi connectivity index (χ0) is 12.0. The lowest BCUT2D eigenvalue weighted by molar-refractivity contribution is 0.0997. The second-order valence-corrected chi connectivity index (χ2v) is 4.00. The van der Waals surface area contributed by atoms with Crippen molar-refractivity contribution in [1.29, 1.82) is 0 Å². The van der Waals surface area contributed by atoms with Gasteiger partial charge < -0.3 is 5.73 Å². The van der Waals surface area contributed by atoms with Crippen molar-refractivity contribution in [2.75, 3.05) is 0 Å². The van der Waals surface area contributed by atoms with Crippen LogP contribution in [0.25, 0.3) is 11.1 Å². The number of hydrogen-bond acceptors (Lipinski definition) is 2. The summed E-state index contributed by atoms with van der Waals surface area (Å²) >= 11 is 0. The van der Waals surface area contributed by atoms with E-state index in [2.05, 4.69) is 0 Å². The fourth-order valence-electron chi connectivity index (χ4n) is 2.18. The highest BCUT2D eigenvalue weighted by Gasteiger charge is 2.26. The van der Waals surface area contributed by atoms with Crippen molar-refractivity contribution in [2.24, 2.45) is 5.73 Å². The maximum absolute atomic E-state index is 12.1. The molecule has 0 saturated heterocycles. The largest absolute Gasteiger partial charge is 0.366 e. The molecule has 1 amide bonds. The third-order valence-corrected chi connectivity index (χ3v) is 3.01. The molecule has 1 aliphatic rings. The number of fused-ring (bicyclic) bond motifs is 3. The number of nitrogens with two attached hydrogens (primary N) is 1. The topological polar surface area (TPSA) is 60.2 Å². The number of ketones is 1. The Morgan fingerprint density at radius 1 is 0.889 bits per heavy atom. The molecule has 0 aliphatic heterocycles. The van der Waals surface area contributed by atoms with E-state index in [-0.39, 0.29) is 18.2 Å². The van der Waals surface area contributed by atoms with Crippen molar-refractivity contribution < 1.29 is 9.59 Å². The van der Waals surface area contributed by atoms with Crippen LogP contribution in [0.15, 0.2) is 42.5 Å². The van der Waals surface area contributed by atoms with Crippen LogP contribution in [0.3, 0.4) is 0 Å². The van der Waals surface area contributed by atoms with Crippen molar-refractivity contribution in [3.8, 4) is 11.1 Å². The smallest absolute Gasteiger partial charge is 0.248 e. The zero-order valence-electron chi connectivity index (χ0n) is 9.34. The first-order valence-electron chi connectivity index (χ1n) is 5.26. The molecule has 18 heavy (non-hydrogen) atoms. The van der Waals surface area contributed by atoms with E-state index in [0.717, 1.165) is 11.1 Å². The lowest BCUT2D eigenvalue weighted by Gasteiger charge is -2.01. The Hall–Kier alpha value is -2.13. The van der Waals surface area contributed by atoms with E-state index in [0.29, 0.717) is 16.7 Å². The van der Waals surface area contributed by atoms with Gasteiger partial charge in [0.2, 0.25) is 5.91 Å². The second kappa shape index (κ2) is 4.27. The van der Waals surface area contributed by atoms with Crippen LogP contribution in [-0.2, 0) is 0 Å². The first kappa shape index (κ1) is 12.3. The van der Waals surface area contributed by atoms with Crippen LogP contribution in [0.2, 0.25) is 0 Å². The SMILES string of the molecule is Cl.NC(=O)c1ccc2c(c1)-c1ccccc1C2=O. The summed E-state index contributed by atoms with van der Waals surface area (Å²) in [5, 5.41) is 0. The molecule has 3 nitrogen and oxygen atoms in total. The molecule has 0 radical (unpaired) electrons. The summed E-state index contributed by atoms with van der Waals surface area (Å²) < 4.78 is 0. The second-order valence-electron chi connectivity index (χ2n) is 4.00. The minimum atomic E-state index is -0.482. The van der Waals surface area contributed by atoms with Gasteiger partial charge in [-0.05, 0) is 29.3 Å². The predicted octanol–water partition coefficient (Wildman–Crippen LogP) is 2.42. The van der Waals surface area contributed by atoms with Gasteiger partial charge in [0.25, 0.3) is 0 Å². The lowest BCUT2D eigenvalue weighted by atomic mass is 10.0. The third kappa shape index (κ3) is 1.60. The molecule has 0 atom stereocenters. The van der Waals surface area contributed by atoms with Crippen LogP contribution < -0.4 is 5.73 Å². The van der Waals surface area contributed by atoms with Gasteiger partial charge in [0.05, 0.1) is 0 Å². The molecule has 3 rings (SSSR count). The molecule has 2 aromatic carbocycles. The van der Waals surface area contributed by atoms with Gasteiger partial charge in [0, 0.05) is 16.7 Å². The van der Waals surface area contributed by atoms with Gasteiger partial charge in [0.15, 0.2) is 5.78 Å². The molecule has 90 valence electrons. The zero-order valence-corrected chi connectivity index (χ0v) is 10.2. The fourth-order valence-corrected chi connectivity index (χ4v) is 2.18. The molecule has 0 spiro atoms. The van der Waals surface area contributed by atoms with Crippen LogP contribution >= 0.6 is 12.4 Å². The van der Waals surface area contributed by atoms with Crippen molar-refractivity contribution in [2.45, 2.75) is 0 Å². The number of carbonyl (C=O) groups is 2. The molecule has 0 fully saturated rings. The highest BCUT2D eigenvalue weighted by Crippen LogP contribution is 2.36. The van der Waals surface area contributed by atoms with E-state index >= 15 is 0 Å². The number of carbonyl (C=O) groups excluding carboxylic acids is 2. The number of halogens is 1. The Bertz CT molecular complexity index is 665. The molecule has 0 aromatic heterocycles. The van der Waals surface area contributed by atoms with Gasteiger partial charge >= 0.3 is 0 Å². The summed E-state index contributed by atoms with van der Waals surface area (Å²) in [5.41, 5.74) is 8.65. The van der Waals surface area contributed by atoms with Crippen LogP contribution in [0.4, 0.5) is 0 Å². The maximum atomic E-state index is 12.1. The van der Waals surface area contributed by atoms with E-state index in [1.165, 1.54) is 0 Å². The summed E-state index contributed by atoms with van der Waals surface area (Å²) in [6, 6.07) is 12.3. The Morgan fingerprint density at radius 3 is 2.17 bits per heavy atom. The highest BCUT2D eigenvalue weighted by atomic mass is 35.5. The molecule has 2 N–H and O–H groups in total. The predicted molar refractivity (Wildman–Crippen MR) is 71.1 cm³/mol. The summed E-state index contributed by atoms with van der Waals surface area (Å²) in [7, 11) is 0. The first-order valence-corrected chi connectivity index (χ1v) is 5.26. The molecule has 0 saturated carbocycles. The van der Waals surface area contributed by atoms with Crippen LogP contribution in [0.1, 0.15) is 26.3 Å².